The van der Waals surface area contributed by atoms with E-state index in [1.165, 1.54) is 20.4 Å². The molecule has 1 aromatic heterocycles. The molecular formula is C12H12ClN3O2. The number of imidazole rings is 1. The molecule has 0 saturated heterocycles. The first-order chi connectivity index (χ1) is 8.61. The van der Waals surface area contributed by atoms with Crippen LogP contribution in [0.15, 0.2) is 30.5 Å². The van der Waals surface area contributed by atoms with Crippen LogP contribution in [-0.2, 0) is 4.84 Å². The molecular weight excluding hydrogens is 254 g/mol. The first kappa shape index (κ1) is 12.6. The molecule has 0 aliphatic heterocycles. The van der Waals surface area contributed by atoms with Crippen LogP contribution in [0.1, 0.15) is 10.5 Å². The molecule has 2 aromatic rings. The van der Waals surface area contributed by atoms with Crippen molar-refractivity contribution >= 4 is 17.5 Å². The number of hydrogen-bond donors (Lipinski definition) is 1. The van der Waals surface area contributed by atoms with E-state index in [1.807, 2.05) is 12.1 Å². The van der Waals surface area contributed by atoms with Crippen molar-refractivity contribution in [1.82, 2.24) is 15.0 Å². The van der Waals surface area contributed by atoms with Gasteiger partial charge in [0.15, 0.2) is 0 Å². The van der Waals surface area contributed by atoms with Crippen LogP contribution in [0, 0.1) is 0 Å². The number of aromatic nitrogens is 2. The van der Waals surface area contributed by atoms with Gasteiger partial charge in [0.1, 0.15) is 11.5 Å². The Kier molecular flexibility index (Phi) is 3.64. The molecule has 0 aliphatic rings. The Bertz CT molecular complexity index is 551. The van der Waals surface area contributed by atoms with Crippen molar-refractivity contribution in [2.24, 2.45) is 0 Å². The number of carbonyl (C=O) groups is 1. The van der Waals surface area contributed by atoms with Crippen LogP contribution < -0.4 is 0 Å². The molecule has 18 heavy (non-hydrogen) atoms. The molecule has 6 heteroatoms. The lowest BCUT2D eigenvalue weighted by molar-refractivity contribution is -0.0760. The molecule has 0 fully saturated rings. The monoisotopic (exact) mass is 265 g/mol. The zero-order valence-corrected chi connectivity index (χ0v) is 10.7. The SMILES string of the molecule is CON(C)C(=O)c1cnc(-c2ccc(Cl)cc2)[nH]1. The van der Waals surface area contributed by atoms with E-state index >= 15 is 0 Å². The number of rotatable bonds is 3. The minimum Gasteiger partial charge on any atom is -0.334 e. The third kappa shape index (κ3) is 2.52. The van der Waals surface area contributed by atoms with E-state index in [-0.39, 0.29) is 5.91 Å². The van der Waals surface area contributed by atoms with Crippen molar-refractivity contribution < 1.29 is 9.63 Å². The van der Waals surface area contributed by atoms with E-state index in [9.17, 15) is 4.79 Å². The Morgan fingerprint density at radius 1 is 1.39 bits per heavy atom. The maximum Gasteiger partial charge on any atom is 0.295 e. The van der Waals surface area contributed by atoms with Gasteiger partial charge in [0.2, 0.25) is 0 Å². The lowest BCUT2D eigenvalue weighted by Crippen LogP contribution is -2.25. The fourth-order valence-electron chi connectivity index (χ4n) is 1.44. The van der Waals surface area contributed by atoms with Crippen LogP contribution in [0.2, 0.25) is 5.02 Å². The summed E-state index contributed by atoms with van der Waals surface area (Å²) in [5.74, 6) is 0.324. The number of aromatic amines is 1. The Labute approximate surface area is 109 Å². The Morgan fingerprint density at radius 2 is 2.06 bits per heavy atom. The minimum atomic E-state index is -0.287. The van der Waals surface area contributed by atoms with Gasteiger partial charge in [-0.2, -0.15) is 0 Å². The predicted molar refractivity (Wildman–Crippen MR) is 68.1 cm³/mol. The lowest BCUT2D eigenvalue weighted by Gasteiger charge is -2.11. The summed E-state index contributed by atoms with van der Waals surface area (Å²) in [7, 11) is 2.96. The third-order valence-corrected chi connectivity index (χ3v) is 2.74. The molecule has 1 amide bonds. The van der Waals surface area contributed by atoms with Crippen LogP contribution in [0.4, 0.5) is 0 Å². The van der Waals surface area contributed by atoms with Crippen LogP contribution in [0.3, 0.4) is 0 Å². The van der Waals surface area contributed by atoms with Gasteiger partial charge in [-0.25, -0.2) is 10.0 Å². The highest BCUT2D eigenvalue weighted by Gasteiger charge is 2.14. The van der Waals surface area contributed by atoms with Crippen molar-refractivity contribution in [1.29, 1.82) is 0 Å². The van der Waals surface area contributed by atoms with Gasteiger partial charge in [0.05, 0.1) is 13.3 Å². The second-order valence-corrected chi connectivity index (χ2v) is 4.07. The molecule has 0 atom stereocenters. The standard InChI is InChI=1S/C12H12ClN3O2/c1-16(18-2)12(17)10-7-14-11(15-10)8-3-5-9(13)6-4-8/h3-7H,1-2H3,(H,14,15). The third-order valence-electron chi connectivity index (χ3n) is 2.48. The molecule has 0 saturated carbocycles. The average molecular weight is 266 g/mol. The number of H-pyrrole nitrogens is 1. The normalized spacial score (nSPS) is 10.4. The molecule has 94 valence electrons. The molecule has 1 N–H and O–H groups in total. The number of hydrogen-bond acceptors (Lipinski definition) is 3. The molecule has 0 aliphatic carbocycles. The molecule has 5 nitrogen and oxygen atoms in total. The van der Waals surface area contributed by atoms with Crippen LogP contribution >= 0.6 is 11.6 Å². The zero-order valence-electron chi connectivity index (χ0n) is 9.98. The molecule has 0 unspecified atom stereocenters. The van der Waals surface area contributed by atoms with Crippen molar-refractivity contribution in [3.05, 3.63) is 41.2 Å². The zero-order chi connectivity index (χ0) is 13.1. The Hall–Kier alpha value is -1.85. The van der Waals surface area contributed by atoms with E-state index in [0.29, 0.717) is 16.5 Å². The van der Waals surface area contributed by atoms with Gasteiger partial charge >= 0.3 is 0 Å². The second-order valence-electron chi connectivity index (χ2n) is 3.64. The number of benzene rings is 1. The molecule has 1 heterocycles. The number of amides is 1. The summed E-state index contributed by atoms with van der Waals surface area (Å²) < 4.78 is 0. The van der Waals surface area contributed by atoms with Crippen molar-refractivity contribution in [3.63, 3.8) is 0 Å². The Morgan fingerprint density at radius 3 is 2.67 bits per heavy atom. The topological polar surface area (TPSA) is 58.2 Å². The van der Waals surface area contributed by atoms with Crippen molar-refractivity contribution in [2.45, 2.75) is 0 Å². The highest BCUT2D eigenvalue weighted by atomic mass is 35.5. The van der Waals surface area contributed by atoms with E-state index in [0.717, 1.165) is 10.6 Å². The van der Waals surface area contributed by atoms with Crippen molar-refractivity contribution in [3.8, 4) is 11.4 Å². The van der Waals surface area contributed by atoms with Gasteiger partial charge in [-0.3, -0.25) is 9.63 Å². The summed E-state index contributed by atoms with van der Waals surface area (Å²) >= 11 is 5.81. The summed E-state index contributed by atoms with van der Waals surface area (Å²) in [6.07, 6.45) is 1.47. The fourth-order valence-corrected chi connectivity index (χ4v) is 1.56. The number of carbonyl (C=O) groups excluding carboxylic acids is 1. The summed E-state index contributed by atoms with van der Waals surface area (Å²) in [5.41, 5.74) is 1.22. The van der Waals surface area contributed by atoms with Gasteiger partial charge in [0, 0.05) is 17.6 Å². The number of hydroxylamine groups is 2. The van der Waals surface area contributed by atoms with Gasteiger partial charge in [-0.15, -0.1) is 0 Å². The molecule has 1 aromatic carbocycles. The van der Waals surface area contributed by atoms with Gasteiger partial charge in [0.25, 0.3) is 5.91 Å². The van der Waals surface area contributed by atoms with Crippen molar-refractivity contribution in [2.75, 3.05) is 14.2 Å². The highest BCUT2D eigenvalue weighted by molar-refractivity contribution is 6.30. The largest absolute Gasteiger partial charge is 0.334 e. The lowest BCUT2D eigenvalue weighted by atomic mass is 10.2. The first-order valence-corrected chi connectivity index (χ1v) is 5.62. The van der Waals surface area contributed by atoms with E-state index < -0.39 is 0 Å². The highest BCUT2D eigenvalue weighted by Crippen LogP contribution is 2.18. The van der Waals surface area contributed by atoms with Crippen LogP contribution in [0.5, 0.6) is 0 Å². The smallest absolute Gasteiger partial charge is 0.295 e. The summed E-state index contributed by atoms with van der Waals surface area (Å²) in [4.78, 5) is 23.7. The van der Waals surface area contributed by atoms with E-state index in [2.05, 4.69) is 9.97 Å². The number of nitrogens with zero attached hydrogens (tertiary/aromatic N) is 2. The number of nitrogens with one attached hydrogen (secondary N) is 1. The molecule has 0 spiro atoms. The maximum atomic E-state index is 11.8. The predicted octanol–water partition coefficient (Wildman–Crippen LogP) is 2.36. The van der Waals surface area contributed by atoms with Gasteiger partial charge < -0.3 is 4.98 Å². The van der Waals surface area contributed by atoms with E-state index in [1.54, 1.807) is 12.1 Å². The van der Waals surface area contributed by atoms with Gasteiger partial charge in [-0.05, 0) is 24.3 Å². The summed E-state index contributed by atoms with van der Waals surface area (Å²) in [6, 6.07) is 7.19. The molecule has 0 bridgehead atoms. The van der Waals surface area contributed by atoms with E-state index in [4.69, 9.17) is 16.4 Å². The minimum absolute atomic E-state index is 0.287. The Balaban J connectivity index is 2.25. The summed E-state index contributed by atoms with van der Waals surface area (Å²) in [5, 5.41) is 1.78. The molecule has 2 rings (SSSR count). The summed E-state index contributed by atoms with van der Waals surface area (Å²) in [6.45, 7) is 0. The van der Waals surface area contributed by atoms with Crippen LogP contribution in [-0.4, -0.2) is 35.1 Å². The second kappa shape index (κ2) is 5.20. The fraction of sp³-hybridized carbons (Fsp3) is 0.167. The average Bonchev–Trinajstić information content (AvgIpc) is 2.87. The molecule has 0 radical (unpaired) electrons. The van der Waals surface area contributed by atoms with Crippen LogP contribution in [0.25, 0.3) is 11.4 Å². The maximum absolute atomic E-state index is 11.8. The number of halogens is 1. The van der Waals surface area contributed by atoms with Gasteiger partial charge in [-0.1, -0.05) is 11.6 Å². The quantitative estimate of drug-likeness (QED) is 0.867. The first-order valence-electron chi connectivity index (χ1n) is 5.25.